The van der Waals surface area contributed by atoms with E-state index in [1.807, 2.05) is 0 Å². The standard InChI is InChI=1S/C23H30N4O7S.ClH/c1-3-34-23(29)26-14-10-18(11-15-26)21(22(28)25-30)27(16-17-8-12-24-13-9-17)35(31,32)20-6-4-19(33-2)5-7-20;/h4-9,12-13,18,21,30H,3,10-11,14-16H2,1-2H3,(H,25,28);1H/t21-;/m1./s1. The van der Waals surface area contributed by atoms with E-state index < -0.39 is 34.0 Å². The van der Waals surface area contributed by atoms with Gasteiger partial charge in [-0.3, -0.25) is 15.0 Å². The van der Waals surface area contributed by atoms with Gasteiger partial charge in [-0.2, -0.15) is 4.31 Å². The lowest BCUT2D eigenvalue weighted by Crippen LogP contribution is -2.54. The summed E-state index contributed by atoms with van der Waals surface area (Å²) in [4.78, 5) is 30.5. The van der Waals surface area contributed by atoms with Crippen LogP contribution in [-0.2, 0) is 26.1 Å². The first-order valence-corrected chi connectivity index (χ1v) is 12.7. The molecule has 11 nitrogen and oxygen atoms in total. The summed E-state index contributed by atoms with van der Waals surface area (Å²) in [7, 11) is -2.71. The number of hydrogen-bond donors (Lipinski definition) is 2. The van der Waals surface area contributed by atoms with Crippen LogP contribution in [0.1, 0.15) is 25.3 Å². The van der Waals surface area contributed by atoms with E-state index in [0.717, 1.165) is 4.31 Å². The van der Waals surface area contributed by atoms with Crippen LogP contribution in [0, 0.1) is 5.92 Å². The Bertz CT molecular complexity index is 1100. The number of methoxy groups -OCH3 is 1. The Morgan fingerprint density at radius 1 is 1.17 bits per heavy atom. The molecule has 198 valence electrons. The molecule has 1 atom stereocenters. The third-order valence-electron chi connectivity index (χ3n) is 5.96. The zero-order valence-corrected chi connectivity index (χ0v) is 21.7. The van der Waals surface area contributed by atoms with Crippen molar-refractivity contribution in [1.82, 2.24) is 19.7 Å². The van der Waals surface area contributed by atoms with Gasteiger partial charge in [0.05, 0.1) is 18.6 Å². The molecule has 2 aromatic rings. The van der Waals surface area contributed by atoms with Crippen molar-refractivity contribution in [2.45, 2.75) is 37.2 Å². The normalized spacial score (nSPS) is 15.1. The summed E-state index contributed by atoms with van der Waals surface area (Å²) in [5.74, 6) is -0.811. The number of carbonyl (C=O) groups is 2. The number of nitrogens with zero attached hydrogens (tertiary/aromatic N) is 3. The molecule has 0 bridgehead atoms. The lowest BCUT2D eigenvalue weighted by Gasteiger charge is -2.39. The number of ether oxygens (including phenoxy) is 2. The van der Waals surface area contributed by atoms with Gasteiger partial charge in [0.1, 0.15) is 11.8 Å². The van der Waals surface area contributed by atoms with Crippen molar-refractivity contribution in [1.29, 1.82) is 0 Å². The molecule has 13 heteroatoms. The first kappa shape index (κ1) is 29.3. The molecule has 3 rings (SSSR count). The Labute approximate surface area is 216 Å². The van der Waals surface area contributed by atoms with E-state index >= 15 is 0 Å². The van der Waals surface area contributed by atoms with Crippen molar-refractivity contribution in [3.63, 3.8) is 0 Å². The molecule has 0 unspecified atom stereocenters. The van der Waals surface area contributed by atoms with Crippen LogP contribution in [0.4, 0.5) is 4.79 Å². The highest BCUT2D eigenvalue weighted by atomic mass is 35.5. The minimum absolute atomic E-state index is 0. The van der Waals surface area contributed by atoms with E-state index in [2.05, 4.69) is 4.98 Å². The number of pyridine rings is 1. The molecule has 0 radical (unpaired) electrons. The Morgan fingerprint density at radius 2 is 1.78 bits per heavy atom. The third kappa shape index (κ3) is 6.84. The van der Waals surface area contributed by atoms with Crippen LogP contribution in [0.15, 0.2) is 53.7 Å². The summed E-state index contributed by atoms with van der Waals surface area (Å²) in [5.41, 5.74) is 2.26. The molecule has 0 saturated carbocycles. The molecule has 1 aromatic heterocycles. The Morgan fingerprint density at radius 3 is 2.31 bits per heavy atom. The van der Waals surface area contributed by atoms with Crippen LogP contribution in [0.25, 0.3) is 0 Å². The van der Waals surface area contributed by atoms with Gasteiger partial charge in [-0.25, -0.2) is 18.7 Å². The van der Waals surface area contributed by atoms with Crippen LogP contribution >= 0.6 is 12.4 Å². The topological polar surface area (TPSA) is 138 Å². The molecule has 1 aliphatic heterocycles. The summed E-state index contributed by atoms with van der Waals surface area (Å²) < 4.78 is 38.9. The molecule has 0 aliphatic carbocycles. The van der Waals surface area contributed by atoms with Crippen molar-refractivity contribution in [3.8, 4) is 5.75 Å². The molecule has 2 heterocycles. The van der Waals surface area contributed by atoms with Crippen LogP contribution in [0.3, 0.4) is 0 Å². The maximum Gasteiger partial charge on any atom is 0.409 e. The van der Waals surface area contributed by atoms with E-state index in [1.54, 1.807) is 24.5 Å². The number of aromatic nitrogens is 1. The van der Waals surface area contributed by atoms with Crippen molar-refractivity contribution in [2.75, 3.05) is 26.8 Å². The van der Waals surface area contributed by atoms with Crippen molar-refractivity contribution in [3.05, 3.63) is 54.4 Å². The van der Waals surface area contributed by atoms with Gasteiger partial charge in [0.2, 0.25) is 10.0 Å². The number of nitrogens with one attached hydrogen (secondary N) is 1. The second-order valence-corrected chi connectivity index (χ2v) is 9.92. The van der Waals surface area contributed by atoms with Crippen molar-refractivity contribution < 1.29 is 32.7 Å². The maximum atomic E-state index is 13.8. The van der Waals surface area contributed by atoms with Crippen molar-refractivity contribution >= 4 is 34.4 Å². The Hall–Kier alpha value is -2.93. The smallest absolute Gasteiger partial charge is 0.409 e. The predicted octanol–water partition coefficient (Wildman–Crippen LogP) is 2.45. The van der Waals surface area contributed by atoms with Gasteiger partial charge in [-0.15, -0.1) is 12.4 Å². The molecular weight excluding hydrogens is 512 g/mol. The summed E-state index contributed by atoms with van der Waals surface area (Å²) in [6, 6.07) is 7.97. The van der Waals surface area contributed by atoms with Gasteiger partial charge in [-0.05, 0) is 67.6 Å². The van der Waals surface area contributed by atoms with E-state index in [0.29, 0.717) is 37.2 Å². The first-order valence-electron chi connectivity index (χ1n) is 11.2. The monoisotopic (exact) mass is 542 g/mol. The molecule has 1 aliphatic rings. The van der Waals surface area contributed by atoms with Gasteiger partial charge in [-0.1, -0.05) is 0 Å². The number of halogens is 1. The van der Waals surface area contributed by atoms with E-state index in [-0.39, 0.29) is 30.5 Å². The highest BCUT2D eigenvalue weighted by Gasteiger charge is 2.42. The number of sulfonamides is 1. The number of piperidine rings is 1. The second-order valence-electron chi connectivity index (χ2n) is 8.03. The number of likely N-dealkylation sites (tertiary alicyclic amines) is 1. The minimum Gasteiger partial charge on any atom is -0.497 e. The Balaban J connectivity index is 0.00000456. The van der Waals surface area contributed by atoms with E-state index in [1.165, 1.54) is 48.7 Å². The SMILES string of the molecule is CCOC(=O)N1CCC([C@H](C(=O)NO)N(Cc2ccncc2)S(=O)(=O)c2ccc(OC)cc2)CC1.Cl. The largest absolute Gasteiger partial charge is 0.497 e. The lowest BCUT2D eigenvalue weighted by atomic mass is 9.88. The Kier molecular flexibility index (Phi) is 10.9. The van der Waals surface area contributed by atoms with Crippen molar-refractivity contribution in [2.24, 2.45) is 5.92 Å². The fourth-order valence-corrected chi connectivity index (χ4v) is 5.78. The van der Waals surface area contributed by atoms with Gasteiger partial charge in [0.25, 0.3) is 5.91 Å². The molecule has 1 aromatic carbocycles. The highest BCUT2D eigenvalue weighted by Crippen LogP contribution is 2.31. The predicted molar refractivity (Wildman–Crippen MR) is 132 cm³/mol. The van der Waals surface area contributed by atoms with Crippen LogP contribution < -0.4 is 10.2 Å². The average Bonchev–Trinajstić information content (AvgIpc) is 2.89. The summed E-state index contributed by atoms with van der Waals surface area (Å²) in [5, 5.41) is 9.53. The summed E-state index contributed by atoms with van der Waals surface area (Å²) in [6.07, 6.45) is 3.32. The van der Waals surface area contributed by atoms with Gasteiger partial charge < -0.3 is 14.4 Å². The molecule has 1 saturated heterocycles. The number of rotatable bonds is 9. The molecule has 2 amide bonds. The fraction of sp³-hybridized carbons (Fsp3) is 0.435. The molecule has 2 N–H and O–H groups in total. The first-order chi connectivity index (χ1) is 16.8. The van der Waals surface area contributed by atoms with E-state index in [4.69, 9.17) is 9.47 Å². The highest BCUT2D eigenvalue weighted by molar-refractivity contribution is 7.89. The molecular formula is C23H31ClN4O7S. The number of carbonyl (C=O) groups excluding carboxylic acids is 2. The van der Waals surface area contributed by atoms with E-state index in [9.17, 15) is 23.2 Å². The zero-order chi connectivity index (χ0) is 25.4. The summed E-state index contributed by atoms with van der Waals surface area (Å²) in [6.45, 7) is 2.43. The quantitative estimate of drug-likeness (QED) is 0.364. The lowest BCUT2D eigenvalue weighted by molar-refractivity contribution is -0.135. The number of benzene rings is 1. The summed E-state index contributed by atoms with van der Waals surface area (Å²) >= 11 is 0. The number of hydroxylamine groups is 1. The molecule has 1 fully saturated rings. The number of amides is 2. The number of hydrogen-bond acceptors (Lipinski definition) is 8. The van der Waals surface area contributed by atoms with Crippen LogP contribution in [0.5, 0.6) is 5.75 Å². The van der Waals surface area contributed by atoms with Gasteiger partial charge in [0, 0.05) is 32.0 Å². The third-order valence-corrected chi connectivity index (χ3v) is 7.80. The average molecular weight is 543 g/mol. The zero-order valence-electron chi connectivity index (χ0n) is 20.1. The maximum absolute atomic E-state index is 13.8. The van der Waals surface area contributed by atoms with Gasteiger partial charge >= 0.3 is 6.09 Å². The fourth-order valence-electron chi connectivity index (χ4n) is 4.14. The van der Waals surface area contributed by atoms with Crippen LogP contribution in [0.2, 0.25) is 0 Å². The minimum atomic E-state index is -4.19. The second kappa shape index (κ2) is 13.4. The van der Waals surface area contributed by atoms with Crippen LogP contribution in [-0.4, -0.2) is 72.7 Å². The van der Waals surface area contributed by atoms with Gasteiger partial charge in [0.15, 0.2) is 0 Å². The molecule has 0 spiro atoms. The molecule has 36 heavy (non-hydrogen) atoms.